The Kier molecular flexibility index (Phi) is 5.40. The Balaban J connectivity index is 1.78. The van der Waals surface area contributed by atoms with E-state index in [4.69, 9.17) is 23.2 Å². The van der Waals surface area contributed by atoms with Crippen LogP contribution in [0, 0.1) is 11.3 Å². The second-order valence-electron chi connectivity index (χ2n) is 7.27. The molecule has 2 aromatic rings. The molecule has 8 heteroatoms. The molecule has 3 rings (SSSR count). The summed E-state index contributed by atoms with van der Waals surface area (Å²) in [5, 5.41) is 12.2. The number of nitrogens with one attached hydrogen (secondary N) is 1. The molecule has 1 aliphatic heterocycles. The fourth-order valence-corrected chi connectivity index (χ4v) is 3.33. The third kappa shape index (κ3) is 3.71. The number of rotatable bonds is 4. The second-order valence-corrected chi connectivity index (χ2v) is 8.09. The summed E-state index contributed by atoms with van der Waals surface area (Å²) in [5.41, 5.74) is 0.875. The van der Waals surface area contributed by atoms with Crippen molar-refractivity contribution >= 4 is 46.6 Å². The van der Waals surface area contributed by atoms with Gasteiger partial charge in [-0.2, -0.15) is 5.26 Å². The molecule has 0 radical (unpaired) electrons. The van der Waals surface area contributed by atoms with Crippen molar-refractivity contribution in [3.8, 4) is 6.07 Å². The van der Waals surface area contributed by atoms with Crippen LogP contribution in [0.3, 0.4) is 0 Å². The Morgan fingerprint density at radius 1 is 1.07 bits per heavy atom. The maximum Gasteiger partial charge on any atom is 0.262 e. The SMILES string of the molecule is CC(C(=O)Nc1ccc(C(C)(C)C#N)cc1)N1C(=O)c2cc(Cl)c(Cl)cc2C1=O. The molecule has 0 saturated heterocycles. The first-order chi connectivity index (χ1) is 13.6. The molecule has 0 aliphatic carbocycles. The summed E-state index contributed by atoms with van der Waals surface area (Å²) in [6, 6.07) is 10.7. The number of carbonyl (C=O) groups excluding carboxylic acids is 3. The number of imide groups is 1. The number of amides is 3. The van der Waals surface area contributed by atoms with Gasteiger partial charge in [-0.3, -0.25) is 19.3 Å². The van der Waals surface area contributed by atoms with E-state index in [2.05, 4.69) is 11.4 Å². The summed E-state index contributed by atoms with van der Waals surface area (Å²) in [7, 11) is 0. The zero-order valence-electron chi connectivity index (χ0n) is 15.9. The Morgan fingerprint density at radius 2 is 1.55 bits per heavy atom. The van der Waals surface area contributed by atoms with Crippen molar-refractivity contribution in [2.75, 3.05) is 5.32 Å². The molecule has 2 aromatic carbocycles. The minimum absolute atomic E-state index is 0.118. The van der Waals surface area contributed by atoms with Gasteiger partial charge in [0, 0.05) is 5.69 Å². The molecule has 1 atom stereocenters. The van der Waals surface area contributed by atoms with E-state index in [-0.39, 0.29) is 21.2 Å². The van der Waals surface area contributed by atoms with Gasteiger partial charge in [0.05, 0.1) is 32.7 Å². The number of anilines is 1. The van der Waals surface area contributed by atoms with Crippen LogP contribution in [0.5, 0.6) is 0 Å². The predicted octanol–water partition coefficient (Wildman–Crippen LogP) is 4.42. The van der Waals surface area contributed by atoms with Crippen LogP contribution in [0.4, 0.5) is 5.69 Å². The highest BCUT2D eigenvalue weighted by molar-refractivity contribution is 6.43. The first-order valence-corrected chi connectivity index (χ1v) is 9.52. The average molecular weight is 430 g/mol. The van der Waals surface area contributed by atoms with Crippen LogP contribution in [0.15, 0.2) is 36.4 Å². The van der Waals surface area contributed by atoms with Crippen molar-refractivity contribution in [2.24, 2.45) is 0 Å². The lowest BCUT2D eigenvalue weighted by atomic mass is 9.86. The first kappa shape index (κ1) is 20.8. The van der Waals surface area contributed by atoms with Gasteiger partial charge < -0.3 is 5.32 Å². The van der Waals surface area contributed by atoms with Gasteiger partial charge in [-0.25, -0.2) is 0 Å². The van der Waals surface area contributed by atoms with Gasteiger partial charge in [0.2, 0.25) is 5.91 Å². The van der Waals surface area contributed by atoms with Crippen LogP contribution in [0.2, 0.25) is 10.0 Å². The van der Waals surface area contributed by atoms with Crippen molar-refractivity contribution in [3.05, 3.63) is 63.1 Å². The van der Waals surface area contributed by atoms with Crippen molar-refractivity contribution in [3.63, 3.8) is 0 Å². The van der Waals surface area contributed by atoms with Crippen LogP contribution < -0.4 is 5.32 Å². The second kappa shape index (κ2) is 7.51. The highest BCUT2D eigenvalue weighted by Gasteiger charge is 2.41. The topological polar surface area (TPSA) is 90.3 Å². The van der Waals surface area contributed by atoms with E-state index in [1.54, 1.807) is 38.1 Å². The number of nitriles is 1. The number of nitrogens with zero attached hydrogens (tertiary/aromatic N) is 2. The third-order valence-corrected chi connectivity index (χ3v) is 5.60. The molecule has 1 unspecified atom stereocenters. The molecule has 6 nitrogen and oxygen atoms in total. The van der Waals surface area contributed by atoms with Crippen molar-refractivity contribution in [1.29, 1.82) is 5.26 Å². The molecule has 1 heterocycles. The van der Waals surface area contributed by atoms with Gasteiger partial charge >= 0.3 is 0 Å². The minimum Gasteiger partial charge on any atom is -0.324 e. The fraction of sp³-hybridized carbons (Fsp3) is 0.238. The van der Waals surface area contributed by atoms with Gasteiger partial charge in [-0.05, 0) is 50.6 Å². The number of hydrogen-bond donors (Lipinski definition) is 1. The van der Waals surface area contributed by atoms with Crippen molar-refractivity contribution < 1.29 is 14.4 Å². The molecule has 1 N–H and O–H groups in total. The van der Waals surface area contributed by atoms with E-state index in [0.29, 0.717) is 5.69 Å². The maximum atomic E-state index is 12.7. The lowest BCUT2D eigenvalue weighted by molar-refractivity contribution is -0.119. The number of carbonyl (C=O) groups is 3. The van der Waals surface area contributed by atoms with E-state index in [1.807, 2.05) is 0 Å². The molecule has 0 fully saturated rings. The van der Waals surface area contributed by atoms with Gasteiger partial charge in [0.1, 0.15) is 6.04 Å². The quantitative estimate of drug-likeness (QED) is 0.728. The van der Waals surface area contributed by atoms with E-state index in [1.165, 1.54) is 19.1 Å². The zero-order chi connectivity index (χ0) is 21.5. The molecular formula is C21H17Cl2N3O3. The van der Waals surface area contributed by atoms with Crippen LogP contribution in [-0.2, 0) is 10.2 Å². The number of benzene rings is 2. The Hall–Kier alpha value is -2.88. The van der Waals surface area contributed by atoms with Gasteiger partial charge in [0.15, 0.2) is 0 Å². The largest absolute Gasteiger partial charge is 0.324 e. The standard InChI is InChI=1S/C21H17Cl2N3O3/c1-11(18(27)25-13-6-4-12(5-7-13)21(2,3)10-24)26-19(28)14-8-16(22)17(23)9-15(14)20(26)29/h4-9,11H,1-3H3,(H,25,27). The predicted molar refractivity (Wildman–Crippen MR) is 110 cm³/mol. The summed E-state index contributed by atoms with van der Waals surface area (Å²) in [6.07, 6.45) is 0. The van der Waals surface area contributed by atoms with E-state index < -0.39 is 29.2 Å². The van der Waals surface area contributed by atoms with Gasteiger partial charge in [-0.15, -0.1) is 0 Å². The summed E-state index contributed by atoms with van der Waals surface area (Å²) < 4.78 is 0. The summed E-state index contributed by atoms with van der Waals surface area (Å²) in [5.74, 6) is -1.72. The minimum atomic E-state index is -1.05. The summed E-state index contributed by atoms with van der Waals surface area (Å²) >= 11 is 11.9. The molecule has 0 aromatic heterocycles. The van der Waals surface area contributed by atoms with E-state index in [0.717, 1.165) is 10.5 Å². The van der Waals surface area contributed by atoms with E-state index >= 15 is 0 Å². The number of fused-ring (bicyclic) bond motifs is 1. The maximum absolute atomic E-state index is 12.7. The van der Waals surface area contributed by atoms with Gasteiger partial charge in [0.25, 0.3) is 11.8 Å². The number of halogens is 2. The van der Waals surface area contributed by atoms with Crippen molar-refractivity contribution in [1.82, 2.24) is 4.90 Å². The third-order valence-electron chi connectivity index (χ3n) is 4.88. The van der Waals surface area contributed by atoms with Crippen LogP contribution in [0.25, 0.3) is 0 Å². The summed E-state index contributed by atoms with van der Waals surface area (Å²) in [4.78, 5) is 38.8. The van der Waals surface area contributed by atoms with Gasteiger partial charge in [-0.1, -0.05) is 35.3 Å². The molecule has 1 aliphatic rings. The van der Waals surface area contributed by atoms with Crippen LogP contribution in [-0.4, -0.2) is 28.7 Å². The monoisotopic (exact) mass is 429 g/mol. The highest BCUT2D eigenvalue weighted by atomic mass is 35.5. The summed E-state index contributed by atoms with van der Waals surface area (Å²) in [6.45, 7) is 5.06. The molecule has 0 saturated carbocycles. The Labute approximate surface area is 178 Å². The average Bonchev–Trinajstić information content (AvgIpc) is 2.92. The van der Waals surface area contributed by atoms with Crippen LogP contribution >= 0.6 is 23.2 Å². The molecular weight excluding hydrogens is 413 g/mol. The van der Waals surface area contributed by atoms with Crippen LogP contribution in [0.1, 0.15) is 47.1 Å². The smallest absolute Gasteiger partial charge is 0.262 e. The number of hydrogen-bond acceptors (Lipinski definition) is 4. The zero-order valence-corrected chi connectivity index (χ0v) is 17.4. The lowest BCUT2D eigenvalue weighted by Gasteiger charge is -2.22. The Bertz CT molecular complexity index is 1030. The normalized spacial score (nSPS) is 14.4. The molecule has 29 heavy (non-hydrogen) atoms. The molecule has 0 bridgehead atoms. The molecule has 0 spiro atoms. The fourth-order valence-electron chi connectivity index (χ4n) is 3.00. The molecule has 148 valence electrons. The lowest BCUT2D eigenvalue weighted by Crippen LogP contribution is -2.45. The Morgan fingerprint density at radius 3 is 2.00 bits per heavy atom. The van der Waals surface area contributed by atoms with E-state index in [9.17, 15) is 19.6 Å². The highest BCUT2D eigenvalue weighted by Crippen LogP contribution is 2.32. The molecule has 3 amide bonds. The first-order valence-electron chi connectivity index (χ1n) is 8.76. The van der Waals surface area contributed by atoms with Crippen molar-refractivity contribution in [2.45, 2.75) is 32.2 Å².